The van der Waals surface area contributed by atoms with Crippen LogP contribution in [-0.2, 0) is 23.4 Å². The fourth-order valence-electron chi connectivity index (χ4n) is 4.67. The normalized spacial score (nSPS) is 28.5. The van der Waals surface area contributed by atoms with E-state index in [-0.39, 0.29) is 5.04 Å². The predicted octanol–water partition coefficient (Wildman–Crippen LogP) is 4.26. The maximum atomic E-state index is 7.07. The van der Waals surface area contributed by atoms with Crippen LogP contribution in [0.1, 0.15) is 34.6 Å². The lowest BCUT2D eigenvalue weighted by Gasteiger charge is -2.52. The minimum absolute atomic E-state index is 0.138. The van der Waals surface area contributed by atoms with Crippen molar-refractivity contribution in [3.05, 3.63) is 73.3 Å². The van der Waals surface area contributed by atoms with Crippen molar-refractivity contribution < 1.29 is 23.4 Å². The molecule has 6 heteroatoms. The summed E-state index contributed by atoms with van der Waals surface area (Å²) in [5.41, 5.74) is 0. The molecule has 3 rings (SSSR count). The van der Waals surface area contributed by atoms with E-state index in [2.05, 4.69) is 75.9 Å². The molecule has 2 aromatic carbocycles. The van der Waals surface area contributed by atoms with E-state index in [1.807, 2.05) is 26.0 Å². The second-order valence-electron chi connectivity index (χ2n) is 9.75. The standard InChI is InChI=1S/C27H38O5Si/c1-9-23-24(32-27(6,29-8)26(5,28-7)31-23)20-30-33(25(2,3)4,21-16-12-10-13-17-21)22-18-14-11-15-19-22/h9-19,23-24H,1,20H2,2-8H3/t23-,24-,26+,27+/m0/s1. The lowest BCUT2D eigenvalue weighted by Crippen LogP contribution is -2.69. The summed E-state index contributed by atoms with van der Waals surface area (Å²) in [5.74, 6) is -2.20. The molecule has 0 bridgehead atoms. The van der Waals surface area contributed by atoms with Gasteiger partial charge in [0.25, 0.3) is 8.32 Å². The summed E-state index contributed by atoms with van der Waals surface area (Å²) < 4.78 is 31.2. The highest BCUT2D eigenvalue weighted by Gasteiger charge is 2.57. The third-order valence-corrected chi connectivity index (χ3v) is 11.8. The maximum absolute atomic E-state index is 7.07. The van der Waals surface area contributed by atoms with Crippen LogP contribution in [0, 0.1) is 0 Å². The summed E-state index contributed by atoms with van der Waals surface area (Å²) in [6.45, 7) is 14.7. The Labute approximate surface area is 199 Å². The molecule has 5 nitrogen and oxygen atoms in total. The van der Waals surface area contributed by atoms with Crippen LogP contribution in [0.25, 0.3) is 0 Å². The molecule has 2 aromatic rings. The third-order valence-electron chi connectivity index (χ3n) is 6.82. The molecule has 1 aliphatic rings. The SMILES string of the molecule is C=C[C@@H]1O[C@@](C)(OC)[C@](C)(OC)O[C@H]1CO[Si](c1ccccc1)(c1ccccc1)C(C)(C)C. The molecule has 33 heavy (non-hydrogen) atoms. The highest BCUT2D eigenvalue weighted by molar-refractivity contribution is 6.99. The molecule has 1 saturated heterocycles. The number of benzene rings is 2. The van der Waals surface area contributed by atoms with Crippen LogP contribution in [-0.4, -0.2) is 52.9 Å². The maximum Gasteiger partial charge on any atom is 0.261 e. The van der Waals surface area contributed by atoms with Crippen molar-refractivity contribution in [2.45, 2.75) is 63.4 Å². The molecule has 0 N–H and O–H groups in total. The van der Waals surface area contributed by atoms with Crippen molar-refractivity contribution in [3.63, 3.8) is 0 Å². The van der Waals surface area contributed by atoms with Crippen molar-refractivity contribution in [1.82, 2.24) is 0 Å². The number of methoxy groups -OCH3 is 2. The van der Waals surface area contributed by atoms with Crippen molar-refractivity contribution in [2.24, 2.45) is 0 Å². The molecular weight excluding hydrogens is 432 g/mol. The van der Waals surface area contributed by atoms with Gasteiger partial charge in [-0.05, 0) is 29.3 Å². The van der Waals surface area contributed by atoms with Gasteiger partial charge < -0.3 is 23.4 Å². The first-order valence-electron chi connectivity index (χ1n) is 11.4. The largest absolute Gasteiger partial charge is 0.405 e. The summed E-state index contributed by atoms with van der Waals surface area (Å²) in [5, 5.41) is 2.29. The smallest absolute Gasteiger partial charge is 0.261 e. The molecule has 0 aromatic heterocycles. The van der Waals surface area contributed by atoms with Gasteiger partial charge in [0, 0.05) is 14.2 Å². The zero-order valence-corrected chi connectivity index (χ0v) is 22.0. The average Bonchev–Trinajstić information content (AvgIpc) is 2.82. The van der Waals surface area contributed by atoms with Crippen molar-refractivity contribution in [3.8, 4) is 0 Å². The van der Waals surface area contributed by atoms with Crippen molar-refractivity contribution in [1.29, 1.82) is 0 Å². The Hall–Kier alpha value is -1.80. The number of hydrogen-bond acceptors (Lipinski definition) is 5. The minimum atomic E-state index is -2.72. The fraction of sp³-hybridized carbons (Fsp3) is 0.481. The summed E-state index contributed by atoms with van der Waals surface area (Å²) >= 11 is 0. The summed E-state index contributed by atoms with van der Waals surface area (Å²) in [6.07, 6.45) is 0.903. The Bertz CT molecular complexity index is 874. The van der Waals surface area contributed by atoms with Gasteiger partial charge in [-0.15, -0.1) is 6.58 Å². The van der Waals surface area contributed by atoms with Crippen LogP contribution in [0.3, 0.4) is 0 Å². The summed E-state index contributed by atoms with van der Waals surface area (Å²) in [7, 11) is 0.457. The summed E-state index contributed by atoms with van der Waals surface area (Å²) in [4.78, 5) is 0. The Kier molecular flexibility index (Phi) is 7.68. The molecule has 0 aliphatic carbocycles. The molecule has 0 radical (unpaired) electrons. The molecular formula is C27H38O5Si. The van der Waals surface area contributed by atoms with E-state index in [0.717, 1.165) is 0 Å². The molecule has 0 amide bonds. The van der Waals surface area contributed by atoms with Gasteiger partial charge in [-0.25, -0.2) is 0 Å². The highest BCUT2D eigenvalue weighted by atomic mass is 28.4. The van der Waals surface area contributed by atoms with Crippen molar-refractivity contribution in [2.75, 3.05) is 20.8 Å². The van der Waals surface area contributed by atoms with E-state index in [1.54, 1.807) is 20.3 Å². The molecule has 0 spiro atoms. The Morgan fingerprint density at radius 2 is 1.33 bits per heavy atom. The minimum Gasteiger partial charge on any atom is -0.405 e. The lowest BCUT2D eigenvalue weighted by atomic mass is 10.0. The molecule has 1 fully saturated rings. The Balaban J connectivity index is 2.03. The lowest BCUT2D eigenvalue weighted by molar-refractivity contribution is -0.443. The van der Waals surface area contributed by atoms with Gasteiger partial charge in [0.1, 0.15) is 12.2 Å². The van der Waals surface area contributed by atoms with Gasteiger partial charge in [-0.3, -0.25) is 0 Å². The Morgan fingerprint density at radius 1 is 0.879 bits per heavy atom. The van der Waals surface area contributed by atoms with Crippen LogP contribution < -0.4 is 10.4 Å². The van der Waals surface area contributed by atoms with Crippen LogP contribution in [0.5, 0.6) is 0 Å². The molecule has 180 valence electrons. The van der Waals surface area contributed by atoms with Gasteiger partial charge in [0.15, 0.2) is 0 Å². The zero-order chi connectivity index (χ0) is 24.3. The van der Waals surface area contributed by atoms with Gasteiger partial charge in [0.2, 0.25) is 11.6 Å². The fourth-order valence-corrected chi connectivity index (χ4v) is 9.24. The second-order valence-corrected chi connectivity index (χ2v) is 14.1. The van der Waals surface area contributed by atoms with E-state index in [0.29, 0.717) is 6.61 Å². The van der Waals surface area contributed by atoms with Gasteiger partial charge >= 0.3 is 0 Å². The zero-order valence-electron chi connectivity index (χ0n) is 21.0. The highest BCUT2D eigenvalue weighted by Crippen LogP contribution is 2.41. The Morgan fingerprint density at radius 3 is 1.73 bits per heavy atom. The van der Waals surface area contributed by atoms with Crippen LogP contribution in [0.2, 0.25) is 5.04 Å². The second kappa shape index (κ2) is 9.82. The van der Waals surface area contributed by atoms with E-state index in [1.165, 1.54) is 10.4 Å². The van der Waals surface area contributed by atoms with Crippen LogP contribution >= 0.6 is 0 Å². The molecule has 0 unspecified atom stereocenters. The van der Waals surface area contributed by atoms with Crippen LogP contribution in [0.4, 0.5) is 0 Å². The first-order valence-corrected chi connectivity index (χ1v) is 13.3. The predicted molar refractivity (Wildman–Crippen MR) is 134 cm³/mol. The topological polar surface area (TPSA) is 46.2 Å². The first kappa shape index (κ1) is 25.8. The van der Waals surface area contributed by atoms with Gasteiger partial charge in [0.05, 0.1) is 6.61 Å². The molecule has 1 aliphatic heterocycles. The van der Waals surface area contributed by atoms with Crippen LogP contribution in [0.15, 0.2) is 73.3 Å². The molecule has 4 atom stereocenters. The van der Waals surface area contributed by atoms with Gasteiger partial charge in [-0.2, -0.15) is 0 Å². The first-order chi connectivity index (χ1) is 15.6. The third kappa shape index (κ3) is 4.61. The van der Waals surface area contributed by atoms with Gasteiger partial charge in [-0.1, -0.05) is 87.5 Å². The quantitative estimate of drug-likeness (QED) is 0.426. The van der Waals surface area contributed by atoms with E-state index >= 15 is 0 Å². The average molecular weight is 471 g/mol. The molecule has 0 saturated carbocycles. The van der Waals surface area contributed by atoms with E-state index in [4.69, 9.17) is 23.4 Å². The number of hydrogen-bond donors (Lipinski definition) is 0. The van der Waals surface area contributed by atoms with Crippen molar-refractivity contribution >= 4 is 18.7 Å². The van der Waals surface area contributed by atoms with E-state index < -0.39 is 32.1 Å². The molecule has 1 heterocycles. The van der Waals surface area contributed by atoms with E-state index in [9.17, 15) is 0 Å². The number of rotatable bonds is 8. The monoisotopic (exact) mass is 470 g/mol. The summed E-state index contributed by atoms with van der Waals surface area (Å²) in [6, 6.07) is 21.1. The number of ether oxygens (including phenoxy) is 4.